The Hall–Kier alpha value is -3.18. The summed E-state index contributed by atoms with van der Waals surface area (Å²) < 4.78 is 41.1. The van der Waals surface area contributed by atoms with E-state index in [2.05, 4.69) is 25.5 Å². The van der Waals surface area contributed by atoms with E-state index in [1.165, 1.54) is 13.3 Å². The maximum absolute atomic E-state index is 14.1. The van der Waals surface area contributed by atoms with E-state index >= 15 is 0 Å². The highest BCUT2D eigenvalue weighted by Gasteiger charge is 2.57. The maximum Gasteiger partial charge on any atom is 0.336 e. The molecular formula is C20H20F2N6O3. The van der Waals surface area contributed by atoms with Crippen LogP contribution < -0.4 is 10.1 Å². The monoisotopic (exact) mass is 430 g/mol. The minimum atomic E-state index is -2.80. The Kier molecular flexibility index (Phi) is 4.78. The lowest BCUT2D eigenvalue weighted by atomic mass is 9.99. The van der Waals surface area contributed by atoms with E-state index in [0.29, 0.717) is 11.3 Å². The molecule has 0 radical (unpaired) electrons. The lowest BCUT2D eigenvalue weighted by Crippen LogP contribution is -2.55. The first-order valence-corrected chi connectivity index (χ1v) is 9.79. The van der Waals surface area contributed by atoms with Crippen LogP contribution in [0, 0.1) is 0 Å². The molecule has 2 saturated heterocycles. The number of phenols is 1. The normalized spacial score (nSPS) is 26.7. The molecule has 3 aromatic rings. The van der Waals surface area contributed by atoms with E-state index in [4.69, 9.17) is 9.47 Å². The highest BCUT2D eigenvalue weighted by atomic mass is 19.3. The van der Waals surface area contributed by atoms with Gasteiger partial charge in [0, 0.05) is 50.0 Å². The quantitative estimate of drug-likeness (QED) is 0.633. The van der Waals surface area contributed by atoms with Gasteiger partial charge in [0.2, 0.25) is 0 Å². The second-order valence-electron chi connectivity index (χ2n) is 7.68. The smallest absolute Gasteiger partial charge is 0.336 e. The number of hydrogen-bond acceptors (Lipinski definition) is 8. The highest BCUT2D eigenvalue weighted by molar-refractivity contribution is 5.67. The first-order valence-electron chi connectivity index (χ1n) is 9.79. The van der Waals surface area contributed by atoms with Gasteiger partial charge in [0.05, 0.1) is 24.3 Å². The largest absolute Gasteiger partial charge is 0.507 e. The van der Waals surface area contributed by atoms with Gasteiger partial charge in [-0.2, -0.15) is 0 Å². The molecule has 31 heavy (non-hydrogen) atoms. The zero-order chi connectivity index (χ0) is 21.6. The van der Waals surface area contributed by atoms with Crippen molar-refractivity contribution in [3.8, 4) is 28.7 Å². The first kappa shape index (κ1) is 19.8. The van der Waals surface area contributed by atoms with Gasteiger partial charge in [-0.1, -0.05) is 5.10 Å². The number of hydrogen-bond donors (Lipinski definition) is 2. The molecular weight excluding hydrogens is 410 g/mol. The maximum atomic E-state index is 14.1. The van der Waals surface area contributed by atoms with Crippen LogP contribution in [0.25, 0.3) is 16.9 Å². The Morgan fingerprint density at radius 2 is 2.16 bits per heavy atom. The summed E-state index contributed by atoms with van der Waals surface area (Å²) in [5.74, 6) is -2.80. The fraction of sp³-hybridized carbons (Fsp3) is 0.400. The number of fused-ring (bicyclic) bond motifs is 2. The summed E-state index contributed by atoms with van der Waals surface area (Å²) in [6.07, 6.45) is 5.06. The van der Waals surface area contributed by atoms with E-state index in [0.717, 1.165) is 5.69 Å². The molecule has 2 fully saturated rings. The third kappa shape index (κ3) is 3.59. The number of aromatic hydroxyl groups is 1. The molecule has 4 atom stereocenters. The number of ether oxygens (including phenoxy) is 2. The van der Waals surface area contributed by atoms with Crippen molar-refractivity contribution in [2.24, 2.45) is 0 Å². The number of phenolic OH excluding ortho intramolecular Hbond substituents is 1. The molecule has 1 aromatic carbocycles. The topological polar surface area (TPSA) is 107 Å². The lowest BCUT2D eigenvalue weighted by Gasteiger charge is -2.35. The molecule has 4 heterocycles. The Morgan fingerprint density at radius 1 is 1.29 bits per heavy atom. The van der Waals surface area contributed by atoms with E-state index in [9.17, 15) is 13.9 Å². The van der Waals surface area contributed by atoms with Gasteiger partial charge in [0.25, 0.3) is 5.92 Å². The fourth-order valence-corrected chi connectivity index (χ4v) is 4.27. The van der Waals surface area contributed by atoms with Crippen LogP contribution in [0.1, 0.15) is 12.8 Å². The Morgan fingerprint density at radius 3 is 2.84 bits per heavy atom. The summed E-state index contributed by atoms with van der Waals surface area (Å²) in [4.78, 5) is 8.13. The summed E-state index contributed by atoms with van der Waals surface area (Å²) in [5, 5.41) is 21.3. The number of nitrogens with one attached hydrogen (secondary N) is 1. The second kappa shape index (κ2) is 7.50. The van der Waals surface area contributed by atoms with Crippen LogP contribution in [0.2, 0.25) is 0 Å². The minimum Gasteiger partial charge on any atom is -0.507 e. The zero-order valence-electron chi connectivity index (χ0n) is 16.5. The van der Waals surface area contributed by atoms with Crippen LogP contribution in [-0.2, 0) is 4.74 Å². The first-order chi connectivity index (χ1) is 14.9. The average Bonchev–Trinajstić information content (AvgIpc) is 3.36. The Bertz CT molecular complexity index is 1060. The number of alkyl halides is 2. The molecule has 5 rings (SSSR count). The lowest BCUT2D eigenvalue weighted by molar-refractivity contribution is -0.0506. The van der Waals surface area contributed by atoms with E-state index in [1.54, 1.807) is 41.5 Å². The van der Waals surface area contributed by atoms with Gasteiger partial charge < -0.3 is 24.5 Å². The number of nitrogens with zero attached hydrogens (tertiary/aromatic N) is 5. The Balaban J connectivity index is 1.33. The number of aromatic nitrogens is 5. The molecule has 9 nitrogen and oxygen atoms in total. The number of halogens is 2. The predicted molar refractivity (Wildman–Crippen MR) is 104 cm³/mol. The molecule has 2 aliphatic rings. The molecule has 11 heteroatoms. The van der Waals surface area contributed by atoms with E-state index in [1.807, 2.05) is 0 Å². The summed E-state index contributed by atoms with van der Waals surface area (Å²) in [6, 6.07) is 3.59. The van der Waals surface area contributed by atoms with Crippen LogP contribution in [0.5, 0.6) is 11.8 Å². The molecule has 2 N–H and O–H groups in total. The number of rotatable bonds is 5. The molecule has 162 valence electrons. The van der Waals surface area contributed by atoms with Crippen molar-refractivity contribution in [1.82, 2.24) is 30.0 Å². The Labute approximate surface area is 176 Å². The number of piperidine rings is 1. The molecule has 0 saturated carbocycles. The third-order valence-electron chi connectivity index (χ3n) is 5.78. The fourth-order valence-electron chi connectivity index (χ4n) is 4.27. The molecule has 2 aromatic heterocycles. The van der Waals surface area contributed by atoms with E-state index in [-0.39, 0.29) is 24.6 Å². The summed E-state index contributed by atoms with van der Waals surface area (Å²) in [6.45, 7) is 0. The van der Waals surface area contributed by atoms with Crippen LogP contribution >= 0.6 is 0 Å². The van der Waals surface area contributed by atoms with Crippen molar-refractivity contribution < 1.29 is 23.4 Å². The number of benzene rings is 1. The summed E-state index contributed by atoms with van der Waals surface area (Å²) in [7, 11) is 1.47. The summed E-state index contributed by atoms with van der Waals surface area (Å²) >= 11 is 0. The molecule has 0 unspecified atom stereocenters. The van der Waals surface area contributed by atoms with Crippen LogP contribution in [0.3, 0.4) is 0 Å². The van der Waals surface area contributed by atoms with Gasteiger partial charge in [0.15, 0.2) is 0 Å². The van der Waals surface area contributed by atoms with Crippen LogP contribution in [-0.4, -0.2) is 67.2 Å². The van der Waals surface area contributed by atoms with Crippen molar-refractivity contribution >= 4 is 0 Å². The average molecular weight is 430 g/mol. The van der Waals surface area contributed by atoms with Gasteiger partial charge in [0.1, 0.15) is 23.7 Å². The van der Waals surface area contributed by atoms with Crippen molar-refractivity contribution in [1.29, 1.82) is 0 Å². The molecule has 0 spiro atoms. The molecule has 0 aliphatic carbocycles. The highest BCUT2D eigenvalue weighted by Crippen LogP contribution is 2.41. The zero-order valence-corrected chi connectivity index (χ0v) is 16.5. The van der Waals surface area contributed by atoms with Crippen molar-refractivity contribution in [2.45, 2.75) is 43.1 Å². The third-order valence-corrected chi connectivity index (χ3v) is 5.78. The van der Waals surface area contributed by atoms with Gasteiger partial charge in [-0.25, -0.2) is 18.7 Å². The molecule has 0 amide bonds. The van der Waals surface area contributed by atoms with Gasteiger partial charge in [-0.15, -0.1) is 5.10 Å². The van der Waals surface area contributed by atoms with Crippen LogP contribution in [0.15, 0.2) is 43.1 Å². The summed E-state index contributed by atoms with van der Waals surface area (Å²) in [5.41, 5.74) is 1.54. The molecule has 2 aliphatic heterocycles. The van der Waals surface area contributed by atoms with E-state index < -0.39 is 30.2 Å². The van der Waals surface area contributed by atoms with Crippen molar-refractivity contribution in [3.05, 3.63) is 43.1 Å². The SMILES string of the molecule is CO[C@@H]1[C@@H](Oc2ncc(-c3ccc(-n4ccnc4)cc3O)nn2)C[C@H]2N[C@@H]1CC2(F)F. The van der Waals surface area contributed by atoms with Gasteiger partial charge in [-0.3, -0.25) is 0 Å². The standard InChI is InChI=1S/C20H20F2N6O3/c1-30-18-13-8-20(21,22)17(25-13)7-16(18)31-19-24-9-14(26-27-19)12-3-2-11(6-15(12)29)28-5-4-23-10-28/h2-6,9-10,13,16-18,25,29H,7-8H2,1H3/t13-,16+,17-,18+/m1/s1. The van der Waals surface area contributed by atoms with Gasteiger partial charge in [-0.05, 0) is 12.1 Å². The number of methoxy groups -OCH3 is 1. The number of imidazole rings is 1. The predicted octanol–water partition coefficient (Wildman–Crippen LogP) is 1.96. The molecule has 2 bridgehead atoms. The second-order valence-corrected chi connectivity index (χ2v) is 7.68. The van der Waals surface area contributed by atoms with Crippen molar-refractivity contribution in [3.63, 3.8) is 0 Å². The van der Waals surface area contributed by atoms with Crippen LogP contribution in [0.4, 0.5) is 8.78 Å². The minimum absolute atomic E-state index is 0.00702. The van der Waals surface area contributed by atoms with Gasteiger partial charge >= 0.3 is 6.01 Å². The van der Waals surface area contributed by atoms with Crippen molar-refractivity contribution in [2.75, 3.05) is 7.11 Å².